The zero-order valence-corrected chi connectivity index (χ0v) is 32.3. The maximum Gasteiger partial charge on any atom is 0.343 e. The van der Waals surface area contributed by atoms with E-state index >= 15 is 0 Å². The van der Waals surface area contributed by atoms with Crippen LogP contribution in [0.4, 0.5) is 0 Å². The molecule has 308 valence electrons. The molecule has 0 aliphatic rings. The Bertz CT molecular complexity index is 1870. The highest BCUT2D eigenvalue weighted by molar-refractivity contribution is 5.93. The third-order valence-corrected chi connectivity index (χ3v) is 7.97. The van der Waals surface area contributed by atoms with E-state index in [1.165, 1.54) is 48.5 Å². The average Bonchev–Trinajstić information content (AvgIpc) is 3.26. The van der Waals surface area contributed by atoms with Gasteiger partial charge in [-0.05, 0) is 123 Å². The summed E-state index contributed by atoms with van der Waals surface area (Å²) in [7, 11) is 0. The molecule has 0 amide bonds. The van der Waals surface area contributed by atoms with Crippen molar-refractivity contribution < 1.29 is 66.7 Å². The molecular weight excluding hydrogens is 764 g/mol. The van der Waals surface area contributed by atoms with Gasteiger partial charge >= 0.3 is 35.8 Å². The molecule has 0 aromatic heterocycles. The predicted octanol–water partition coefficient (Wildman–Crippen LogP) is 7.31. The fourth-order valence-corrected chi connectivity index (χ4v) is 4.83. The molecule has 4 aromatic carbocycles. The highest BCUT2D eigenvalue weighted by atomic mass is 16.6. The average molecular weight is 809 g/mol. The van der Waals surface area contributed by atoms with E-state index in [0.717, 1.165) is 12.2 Å². The summed E-state index contributed by atoms with van der Waals surface area (Å²) in [6.45, 7) is 8.05. The molecule has 0 N–H and O–H groups in total. The number of esters is 6. The first-order valence-electron chi connectivity index (χ1n) is 18.7. The van der Waals surface area contributed by atoms with Gasteiger partial charge in [0.05, 0.1) is 61.9 Å². The molecule has 14 heteroatoms. The van der Waals surface area contributed by atoms with Crippen molar-refractivity contribution in [1.82, 2.24) is 0 Å². The molecule has 0 saturated heterocycles. The van der Waals surface area contributed by atoms with Gasteiger partial charge in [-0.15, -0.1) is 0 Å². The van der Waals surface area contributed by atoms with Crippen LogP contribution in [0.3, 0.4) is 0 Å². The number of rotatable bonds is 24. The highest BCUT2D eigenvalue weighted by Gasteiger charge is 2.14. The van der Waals surface area contributed by atoms with E-state index in [0.29, 0.717) is 61.5 Å². The second kappa shape index (κ2) is 24.4. The molecule has 0 fully saturated rings. The van der Waals surface area contributed by atoms with Crippen LogP contribution in [0.5, 0.6) is 23.0 Å². The summed E-state index contributed by atoms with van der Waals surface area (Å²) in [6, 6.07) is 24.6. The third-order valence-electron chi connectivity index (χ3n) is 7.97. The van der Waals surface area contributed by atoms with E-state index in [1.807, 2.05) is 0 Å². The van der Waals surface area contributed by atoms with E-state index < -0.39 is 35.8 Å². The number of hydrogen-bond donors (Lipinski definition) is 0. The Hall–Kier alpha value is -7.22. The minimum absolute atomic E-state index is 0.00919. The van der Waals surface area contributed by atoms with Crippen LogP contribution in [0.25, 0.3) is 0 Å². The van der Waals surface area contributed by atoms with E-state index in [1.54, 1.807) is 48.5 Å². The van der Waals surface area contributed by atoms with Crippen LogP contribution < -0.4 is 18.9 Å². The second-order valence-electron chi connectivity index (χ2n) is 12.4. The summed E-state index contributed by atoms with van der Waals surface area (Å²) in [5, 5.41) is 0. The smallest absolute Gasteiger partial charge is 0.343 e. The molecule has 4 aromatic rings. The van der Waals surface area contributed by atoms with Gasteiger partial charge in [-0.3, -0.25) is 0 Å². The highest BCUT2D eigenvalue weighted by Crippen LogP contribution is 2.19. The van der Waals surface area contributed by atoms with Gasteiger partial charge in [0.2, 0.25) is 0 Å². The van der Waals surface area contributed by atoms with E-state index in [-0.39, 0.29) is 55.5 Å². The number of benzene rings is 4. The van der Waals surface area contributed by atoms with Crippen LogP contribution in [0.2, 0.25) is 0 Å². The van der Waals surface area contributed by atoms with Crippen LogP contribution in [0, 0.1) is 0 Å². The molecule has 4 rings (SSSR count). The lowest BCUT2D eigenvalue weighted by molar-refractivity contribution is -0.138. The van der Waals surface area contributed by atoms with Crippen LogP contribution in [0.1, 0.15) is 73.5 Å². The Labute approximate surface area is 341 Å². The first kappa shape index (κ1) is 44.5. The predicted molar refractivity (Wildman–Crippen MR) is 213 cm³/mol. The fraction of sp³-hybridized carbons (Fsp3) is 0.244. The fourth-order valence-electron chi connectivity index (χ4n) is 4.83. The summed E-state index contributed by atoms with van der Waals surface area (Å²) >= 11 is 0. The Morgan fingerprint density at radius 2 is 0.644 bits per heavy atom. The molecule has 0 saturated carbocycles. The van der Waals surface area contributed by atoms with Gasteiger partial charge in [0.1, 0.15) is 23.0 Å². The molecule has 59 heavy (non-hydrogen) atoms. The maximum atomic E-state index is 12.6. The first-order valence-corrected chi connectivity index (χ1v) is 18.7. The van der Waals surface area contributed by atoms with Crippen LogP contribution in [0.15, 0.2) is 122 Å². The van der Waals surface area contributed by atoms with Gasteiger partial charge < -0.3 is 37.9 Å². The van der Waals surface area contributed by atoms with Crippen molar-refractivity contribution in [3.63, 3.8) is 0 Å². The van der Waals surface area contributed by atoms with Crippen molar-refractivity contribution in [2.45, 2.75) is 32.1 Å². The van der Waals surface area contributed by atoms with Crippen molar-refractivity contribution >= 4 is 35.8 Å². The lowest BCUT2D eigenvalue weighted by atomic mass is 10.2. The van der Waals surface area contributed by atoms with Gasteiger partial charge in [0.15, 0.2) is 0 Å². The normalized spacial score (nSPS) is 10.3. The zero-order valence-electron chi connectivity index (χ0n) is 32.3. The molecule has 0 unspecified atom stereocenters. The van der Waals surface area contributed by atoms with E-state index in [9.17, 15) is 28.8 Å². The molecule has 0 aliphatic heterocycles. The number of carbonyl (C=O) groups excluding carboxylic acids is 6. The van der Waals surface area contributed by atoms with Crippen LogP contribution >= 0.6 is 0 Å². The number of carbonyl (C=O) groups is 6. The summed E-state index contributed by atoms with van der Waals surface area (Å²) in [6.07, 6.45) is 5.09. The van der Waals surface area contributed by atoms with E-state index in [2.05, 4.69) is 13.2 Å². The Morgan fingerprint density at radius 3 is 0.983 bits per heavy atom. The third kappa shape index (κ3) is 16.0. The molecule has 0 heterocycles. The second-order valence-corrected chi connectivity index (χ2v) is 12.4. The van der Waals surface area contributed by atoms with Gasteiger partial charge in [0, 0.05) is 18.6 Å². The molecule has 0 bridgehead atoms. The van der Waals surface area contributed by atoms with E-state index in [4.69, 9.17) is 37.9 Å². The number of unbranched alkanes of at least 4 members (excludes halogenated alkanes) is 2. The van der Waals surface area contributed by atoms with Crippen molar-refractivity contribution in [3.8, 4) is 23.0 Å². The molecular formula is C45H44O14. The SMILES string of the molecule is C=CC(=O)OCCCCOc1ccc(C(=O)Oc2ccc(C(=O)OCCCOC(=O)c3ccc(OC(=O)c4ccc(OCCCCOC(=O)C=C)cc4)cc3)cc2)cc1. The summed E-state index contributed by atoms with van der Waals surface area (Å²) < 4.78 is 42.4. The van der Waals surface area contributed by atoms with Gasteiger partial charge in [-0.2, -0.15) is 0 Å². The van der Waals surface area contributed by atoms with Crippen molar-refractivity contribution in [3.05, 3.63) is 145 Å². The Balaban J connectivity index is 1.08. The van der Waals surface area contributed by atoms with Crippen LogP contribution in [-0.2, 0) is 28.5 Å². The summed E-state index contributed by atoms with van der Waals surface area (Å²) in [4.78, 5) is 72.3. The van der Waals surface area contributed by atoms with Crippen molar-refractivity contribution in [2.75, 3.05) is 39.6 Å². The maximum absolute atomic E-state index is 12.6. The standard InChI is InChI=1S/C45H44O14/c1-3-40(46)54-28-7-5-26-52-36-18-10-34(11-19-36)44(50)58-38-22-14-32(15-23-38)42(48)56-30-9-31-57-43(49)33-16-24-39(25-17-33)59-45(51)35-12-20-37(21-13-35)53-27-6-8-29-55-41(47)4-2/h3-4,10-25H,1-2,5-9,26-31H2. The minimum Gasteiger partial charge on any atom is -0.494 e. The Morgan fingerprint density at radius 1 is 0.356 bits per heavy atom. The van der Waals surface area contributed by atoms with Gasteiger partial charge in [-0.25, -0.2) is 28.8 Å². The zero-order chi connectivity index (χ0) is 42.2. The topological polar surface area (TPSA) is 176 Å². The van der Waals surface area contributed by atoms with Gasteiger partial charge in [0.25, 0.3) is 0 Å². The lowest BCUT2D eigenvalue weighted by Gasteiger charge is -2.09. The quantitative estimate of drug-likeness (QED) is 0.0226. The summed E-state index contributed by atoms with van der Waals surface area (Å²) in [5.74, 6) is -1.71. The number of hydrogen-bond acceptors (Lipinski definition) is 14. The monoisotopic (exact) mass is 808 g/mol. The van der Waals surface area contributed by atoms with Crippen LogP contribution in [-0.4, -0.2) is 75.5 Å². The lowest BCUT2D eigenvalue weighted by Crippen LogP contribution is -2.12. The molecule has 14 nitrogen and oxygen atoms in total. The largest absolute Gasteiger partial charge is 0.494 e. The van der Waals surface area contributed by atoms with Crippen molar-refractivity contribution in [2.24, 2.45) is 0 Å². The Kier molecular flexibility index (Phi) is 18.4. The first-order chi connectivity index (χ1) is 28.6. The van der Waals surface area contributed by atoms with Crippen molar-refractivity contribution in [1.29, 1.82) is 0 Å². The molecule has 0 radical (unpaired) electrons. The molecule has 0 spiro atoms. The summed E-state index contributed by atoms with van der Waals surface area (Å²) in [5.41, 5.74) is 1.09. The number of ether oxygens (including phenoxy) is 8. The van der Waals surface area contributed by atoms with Gasteiger partial charge in [-0.1, -0.05) is 13.2 Å². The molecule has 0 atom stereocenters. The minimum atomic E-state index is -0.602. The molecule has 0 aliphatic carbocycles.